The van der Waals surface area contributed by atoms with Crippen LogP contribution in [0.4, 0.5) is 0 Å². The highest BCUT2D eigenvalue weighted by atomic mass is 79.9. The van der Waals surface area contributed by atoms with Gasteiger partial charge in [0.25, 0.3) is 0 Å². The summed E-state index contributed by atoms with van der Waals surface area (Å²) in [5.74, 6) is 0.345. The molecule has 0 unspecified atom stereocenters. The van der Waals surface area contributed by atoms with Gasteiger partial charge in [0.1, 0.15) is 18.1 Å². The second-order valence-electron chi connectivity index (χ2n) is 4.04. The molecule has 0 spiro atoms. The SMILES string of the molecule is COc1ccc(Br)cc1COC(=O)c1cccn1C. The maximum absolute atomic E-state index is 11.9. The van der Waals surface area contributed by atoms with E-state index in [0.29, 0.717) is 11.4 Å². The third-order valence-electron chi connectivity index (χ3n) is 2.75. The average Bonchev–Trinajstić information content (AvgIpc) is 2.82. The van der Waals surface area contributed by atoms with E-state index in [-0.39, 0.29) is 12.6 Å². The van der Waals surface area contributed by atoms with Gasteiger partial charge in [0.05, 0.1) is 7.11 Å². The smallest absolute Gasteiger partial charge is 0.355 e. The number of hydrogen-bond donors (Lipinski definition) is 0. The van der Waals surface area contributed by atoms with Gasteiger partial charge in [-0.25, -0.2) is 4.79 Å². The van der Waals surface area contributed by atoms with Crippen LogP contribution < -0.4 is 4.74 Å². The molecule has 0 radical (unpaired) electrons. The lowest BCUT2D eigenvalue weighted by Crippen LogP contribution is -2.10. The van der Waals surface area contributed by atoms with Crippen LogP contribution in [0.3, 0.4) is 0 Å². The zero-order valence-corrected chi connectivity index (χ0v) is 12.3. The van der Waals surface area contributed by atoms with Gasteiger partial charge < -0.3 is 14.0 Å². The van der Waals surface area contributed by atoms with Gasteiger partial charge >= 0.3 is 5.97 Å². The molecule has 0 N–H and O–H groups in total. The summed E-state index contributed by atoms with van der Waals surface area (Å²) in [5.41, 5.74) is 1.34. The minimum atomic E-state index is -0.352. The van der Waals surface area contributed by atoms with E-state index < -0.39 is 0 Å². The molecule has 100 valence electrons. The van der Waals surface area contributed by atoms with Crippen LogP contribution >= 0.6 is 15.9 Å². The summed E-state index contributed by atoms with van der Waals surface area (Å²) < 4.78 is 13.2. The number of carbonyl (C=O) groups excluding carboxylic acids is 1. The van der Waals surface area contributed by atoms with Crippen molar-refractivity contribution in [1.82, 2.24) is 4.57 Å². The normalized spacial score (nSPS) is 10.3. The van der Waals surface area contributed by atoms with Crippen molar-refractivity contribution >= 4 is 21.9 Å². The zero-order valence-electron chi connectivity index (χ0n) is 10.7. The van der Waals surface area contributed by atoms with Crippen molar-refractivity contribution in [2.24, 2.45) is 7.05 Å². The Hall–Kier alpha value is -1.75. The van der Waals surface area contributed by atoms with Gasteiger partial charge in [0.2, 0.25) is 0 Å². The fourth-order valence-electron chi connectivity index (χ4n) is 1.75. The van der Waals surface area contributed by atoms with Crippen molar-refractivity contribution in [2.45, 2.75) is 6.61 Å². The van der Waals surface area contributed by atoms with E-state index in [1.807, 2.05) is 18.2 Å². The number of esters is 1. The molecule has 0 aliphatic heterocycles. The van der Waals surface area contributed by atoms with Gasteiger partial charge in [-0.3, -0.25) is 0 Å². The number of halogens is 1. The topological polar surface area (TPSA) is 40.5 Å². The van der Waals surface area contributed by atoms with Crippen molar-refractivity contribution in [3.05, 3.63) is 52.3 Å². The van der Waals surface area contributed by atoms with Gasteiger partial charge in [0.15, 0.2) is 0 Å². The molecular weight excluding hydrogens is 310 g/mol. The van der Waals surface area contributed by atoms with E-state index >= 15 is 0 Å². The maximum Gasteiger partial charge on any atom is 0.355 e. The summed E-state index contributed by atoms with van der Waals surface area (Å²) in [6.45, 7) is 0.173. The lowest BCUT2D eigenvalue weighted by molar-refractivity contribution is 0.0459. The lowest BCUT2D eigenvalue weighted by Gasteiger charge is -2.10. The number of aromatic nitrogens is 1. The predicted molar refractivity (Wildman–Crippen MR) is 75.2 cm³/mol. The van der Waals surface area contributed by atoms with Crippen LogP contribution in [0.25, 0.3) is 0 Å². The summed E-state index contributed by atoms with van der Waals surface area (Å²) in [4.78, 5) is 11.9. The van der Waals surface area contributed by atoms with Crippen molar-refractivity contribution in [3.63, 3.8) is 0 Å². The second-order valence-corrected chi connectivity index (χ2v) is 4.95. The molecule has 5 heteroatoms. The standard InChI is InChI=1S/C14H14BrNO3/c1-16-7-3-4-12(16)14(17)19-9-10-8-11(15)5-6-13(10)18-2/h3-8H,9H2,1-2H3. The molecule has 0 amide bonds. The van der Waals surface area contributed by atoms with E-state index in [1.165, 1.54) is 0 Å². The van der Waals surface area contributed by atoms with Crippen LogP contribution in [-0.2, 0) is 18.4 Å². The van der Waals surface area contributed by atoms with Crippen LogP contribution in [-0.4, -0.2) is 17.6 Å². The first-order valence-electron chi connectivity index (χ1n) is 5.72. The Morgan fingerprint density at radius 2 is 2.16 bits per heavy atom. The Morgan fingerprint density at radius 1 is 1.37 bits per heavy atom. The Kier molecular flexibility index (Phi) is 4.27. The number of aryl methyl sites for hydroxylation is 1. The first-order valence-corrected chi connectivity index (χ1v) is 6.52. The van der Waals surface area contributed by atoms with Gasteiger partial charge in [-0.1, -0.05) is 15.9 Å². The summed E-state index contributed by atoms with van der Waals surface area (Å²) in [7, 11) is 3.39. The van der Waals surface area contributed by atoms with Crippen LogP contribution in [0.2, 0.25) is 0 Å². The molecule has 1 aromatic carbocycles. The Balaban J connectivity index is 2.09. The van der Waals surface area contributed by atoms with Crippen molar-refractivity contribution < 1.29 is 14.3 Å². The molecule has 19 heavy (non-hydrogen) atoms. The average molecular weight is 324 g/mol. The van der Waals surface area contributed by atoms with E-state index in [1.54, 1.807) is 37.1 Å². The third-order valence-corrected chi connectivity index (χ3v) is 3.25. The first-order chi connectivity index (χ1) is 9.11. The summed E-state index contributed by atoms with van der Waals surface area (Å²) in [6, 6.07) is 9.10. The van der Waals surface area contributed by atoms with Crippen LogP contribution in [0.15, 0.2) is 41.0 Å². The van der Waals surface area contributed by atoms with Crippen molar-refractivity contribution in [1.29, 1.82) is 0 Å². The highest BCUT2D eigenvalue weighted by Gasteiger charge is 2.12. The summed E-state index contributed by atoms with van der Waals surface area (Å²) >= 11 is 3.38. The zero-order chi connectivity index (χ0) is 13.8. The number of benzene rings is 1. The number of carbonyl (C=O) groups is 1. The van der Waals surface area contributed by atoms with Crippen LogP contribution in [0.5, 0.6) is 5.75 Å². The highest BCUT2D eigenvalue weighted by Crippen LogP contribution is 2.23. The maximum atomic E-state index is 11.9. The minimum Gasteiger partial charge on any atom is -0.496 e. The second kappa shape index (κ2) is 5.93. The summed E-state index contributed by atoms with van der Waals surface area (Å²) in [6.07, 6.45) is 1.80. The molecule has 0 aliphatic carbocycles. The highest BCUT2D eigenvalue weighted by molar-refractivity contribution is 9.10. The number of nitrogens with zero attached hydrogens (tertiary/aromatic N) is 1. The molecule has 0 saturated heterocycles. The number of ether oxygens (including phenoxy) is 2. The first kappa shape index (κ1) is 13.7. The number of hydrogen-bond acceptors (Lipinski definition) is 3. The molecule has 0 atom stereocenters. The Bertz CT molecular complexity index is 592. The van der Waals surface area contributed by atoms with Crippen molar-refractivity contribution in [3.8, 4) is 5.75 Å². The van der Waals surface area contributed by atoms with E-state index in [2.05, 4.69) is 15.9 Å². The Labute approximate surface area is 120 Å². The molecule has 0 aliphatic rings. The molecule has 2 rings (SSSR count). The van der Waals surface area contributed by atoms with Gasteiger partial charge in [-0.2, -0.15) is 0 Å². The molecule has 4 nitrogen and oxygen atoms in total. The molecule has 0 fully saturated rings. The molecular formula is C14H14BrNO3. The van der Waals surface area contributed by atoms with Gasteiger partial charge in [0, 0.05) is 23.3 Å². The largest absolute Gasteiger partial charge is 0.496 e. The van der Waals surface area contributed by atoms with E-state index in [9.17, 15) is 4.79 Å². The van der Waals surface area contributed by atoms with Crippen LogP contribution in [0.1, 0.15) is 16.1 Å². The van der Waals surface area contributed by atoms with E-state index in [0.717, 1.165) is 10.0 Å². The molecule has 0 bridgehead atoms. The molecule has 1 heterocycles. The summed E-state index contributed by atoms with van der Waals surface area (Å²) in [5, 5.41) is 0. The fraction of sp³-hybridized carbons (Fsp3) is 0.214. The van der Waals surface area contributed by atoms with Crippen molar-refractivity contribution in [2.75, 3.05) is 7.11 Å². The van der Waals surface area contributed by atoms with Gasteiger partial charge in [-0.15, -0.1) is 0 Å². The van der Waals surface area contributed by atoms with Crippen LogP contribution in [0, 0.1) is 0 Å². The minimum absolute atomic E-state index is 0.173. The number of methoxy groups -OCH3 is 1. The Morgan fingerprint density at radius 3 is 2.79 bits per heavy atom. The quantitative estimate of drug-likeness (QED) is 0.811. The number of rotatable bonds is 4. The lowest BCUT2D eigenvalue weighted by atomic mass is 10.2. The van der Waals surface area contributed by atoms with Gasteiger partial charge in [-0.05, 0) is 30.3 Å². The van der Waals surface area contributed by atoms with E-state index in [4.69, 9.17) is 9.47 Å². The molecule has 0 saturated carbocycles. The predicted octanol–water partition coefficient (Wildman–Crippen LogP) is 3.15. The third kappa shape index (κ3) is 3.17. The molecule has 1 aromatic heterocycles. The molecule has 2 aromatic rings. The fourth-order valence-corrected chi connectivity index (χ4v) is 2.16. The monoisotopic (exact) mass is 323 g/mol.